The van der Waals surface area contributed by atoms with E-state index >= 15 is 0 Å². The van der Waals surface area contributed by atoms with E-state index in [4.69, 9.17) is 4.74 Å². The van der Waals surface area contributed by atoms with E-state index in [1.54, 1.807) is 4.90 Å². The van der Waals surface area contributed by atoms with E-state index in [2.05, 4.69) is 12.0 Å². The van der Waals surface area contributed by atoms with E-state index in [9.17, 15) is 9.90 Å². The number of ether oxygens (including phenoxy) is 1. The van der Waals surface area contributed by atoms with Crippen LogP contribution in [0.15, 0.2) is 0 Å². The van der Waals surface area contributed by atoms with Crippen molar-refractivity contribution in [2.75, 3.05) is 19.6 Å². The van der Waals surface area contributed by atoms with Crippen molar-refractivity contribution >= 4 is 6.09 Å². The molecular weight excluding hydrogens is 256 g/mol. The summed E-state index contributed by atoms with van der Waals surface area (Å²) in [7, 11) is 0. The maximum absolute atomic E-state index is 12.1. The van der Waals surface area contributed by atoms with Crippen molar-refractivity contribution in [3.05, 3.63) is 0 Å². The molecule has 2 aliphatic heterocycles. The van der Waals surface area contributed by atoms with Crippen LogP contribution in [-0.2, 0) is 4.74 Å². The fraction of sp³-hybridized carbons (Fsp3) is 0.800. The number of hydrogen-bond donors (Lipinski definition) is 1. The van der Waals surface area contributed by atoms with Gasteiger partial charge in [-0.25, -0.2) is 4.79 Å². The molecule has 5 heteroatoms. The van der Waals surface area contributed by atoms with E-state index < -0.39 is 5.60 Å². The highest BCUT2D eigenvalue weighted by Crippen LogP contribution is 2.20. The van der Waals surface area contributed by atoms with Gasteiger partial charge in [0.15, 0.2) is 0 Å². The van der Waals surface area contributed by atoms with Crippen molar-refractivity contribution in [3.8, 4) is 12.0 Å². The quantitative estimate of drug-likeness (QED) is 0.682. The summed E-state index contributed by atoms with van der Waals surface area (Å²) in [6, 6.07) is 3.01. The summed E-state index contributed by atoms with van der Waals surface area (Å²) in [6.45, 7) is 7.71. The van der Waals surface area contributed by atoms with E-state index in [-0.39, 0.29) is 18.2 Å². The molecule has 2 aliphatic rings. The first kappa shape index (κ1) is 15.0. The number of carbonyl (C=O) groups is 1. The number of amides is 1. The first-order valence-electron chi connectivity index (χ1n) is 7.29. The lowest BCUT2D eigenvalue weighted by atomic mass is 10.2. The number of aliphatic hydroxyl groups is 1. The molecule has 112 valence electrons. The van der Waals surface area contributed by atoms with Gasteiger partial charge in [-0.2, -0.15) is 0 Å². The molecule has 2 atom stereocenters. The minimum atomic E-state index is -0.475. The van der Waals surface area contributed by atoms with Gasteiger partial charge in [0.05, 0.1) is 18.7 Å². The second-order valence-corrected chi connectivity index (χ2v) is 6.48. The summed E-state index contributed by atoms with van der Waals surface area (Å²) in [4.78, 5) is 15.7. The molecule has 2 heterocycles. The second kappa shape index (κ2) is 5.92. The van der Waals surface area contributed by atoms with E-state index in [1.807, 2.05) is 25.7 Å². The molecule has 2 rings (SSSR count). The van der Waals surface area contributed by atoms with Crippen molar-refractivity contribution in [2.24, 2.45) is 0 Å². The third kappa shape index (κ3) is 4.04. The minimum Gasteiger partial charge on any atom is -0.444 e. The third-order valence-electron chi connectivity index (χ3n) is 3.43. The van der Waals surface area contributed by atoms with Crippen molar-refractivity contribution < 1.29 is 14.6 Å². The highest BCUT2D eigenvalue weighted by molar-refractivity contribution is 5.69. The number of likely N-dealkylation sites (tertiary alicyclic amines) is 2. The van der Waals surface area contributed by atoms with Crippen molar-refractivity contribution in [2.45, 2.75) is 57.8 Å². The Labute approximate surface area is 120 Å². The molecule has 0 saturated carbocycles. The highest BCUT2D eigenvalue weighted by Gasteiger charge is 2.31. The van der Waals surface area contributed by atoms with Gasteiger partial charge in [0.2, 0.25) is 0 Å². The molecule has 1 unspecified atom stereocenters. The number of β-amino-alcohol motifs (C(OH)–C–C–N with tert-alkyl or cyclic N) is 1. The van der Waals surface area contributed by atoms with Gasteiger partial charge in [-0.3, -0.25) is 4.90 Å². The van der Waals surface area contributed by atoms with Crippen LogP contribution in [0.3, 0.4) is 0 Å². The molecule has 2 fully saturated rings. The lowest BCUT2D eigenvalue weighted by Crippen LogP contribution is -2.39. The van der Waals surface area contributed by atoms with Crippen LogP contribution >= 0.6 is 0 Å². The van der Waals surface area contributed by atoms with E-state index in [0.717, 1.165) is 25.8 Å². The summed E-state index contributed by atoms with van der Waals surface area (Å²) in [5.74, 6) is 3.15. The standard InChI is InChI=1S/C15H24N2O3/c1-15(2,3)20-14(19)17-8-4-5-12(17)6-9-16-10-7-13(18)11-16/h12-13,18H,4-5,7-8,10-11H2,1-3H3/t12?,13-/m0/s1. The molecule has 0 aliphatic carbocycles. The van der Waals surface area contributed by atoms with Crippen LogP contribution in [-0.4, -0.2) is 58.4 Å². The monoisotopic (exact) mass is 280 g/mol. The van der Waals surface area contributed by atoms with Crippen LogP contribution in [0.1, 0.15) is 40.0 Å². The molecule has 2 saturated heterocycles. The molecule has 1 amide bonds. The van der Waals surface area contributed by atoms with Crippen molar-refractivity contribution in [1.82, 2.24) is 9.80 Å². The van der Waals surface area contributed by atoms with E-state index in [0.29, 0.717) is 13.1 Å². The Hall–Kier alpha value is -1.41. The molecule has 0 aromatic carbocycles. The van der Waals surface area contributed by atoms with Crippen LogP contribution in [0, 0.1) is 12.0 Å². The maximum atomic E-state index is 12.1. The van der Waals surface area contributed by atoms with Gasteiger partial charge in [0, 0.05) is 19.1 Å². The summed E-state index contributed by atoms with van der Waals surface area (Å²) in [5.41, 5.74) is -0.475. The smallest absolute Gasteiger partial charge is 0.411 e. The summed E-state index contributed by atoms with van der Waals surface area (Å²) < 4.78 is 5.41. The molecule has 5 nitrogen and oxygen atoms in total. The Morgan fingerprint density at radius 2 is 2.05 bits per heavy atom. The Bertz CT molecular complexity index is 419. The normalized spacial score (nSPS) is 26.4. The predicted molar refractivity (Wildman–Crippen MR) is 75.9 cm³/mol. The number of aliphatic hydroxyl groups excluding tert-OH is 1. The maximum Gasteiger partial charge on any atom is 0.411 e. The molecular formula is C15H24N2O3. The molecule has 20 heavy (non-hydrogen) atoms. The first-order valence-corrected chi connectivity index (χ1v) is 7.29. The lowest BCUT2D eigenvalue weighted by molar-refractivity contribution is 0.0261. The van der Waals surface area contributed by atoms with Crippen LogP contribution in [0.2, 0.25) is 0 Å². The van der Waals surface area contributed by atoms with Gasteiger partial charge in [-0.15, -0.1) is 0 Å². The number of nitrogens with zero attached hydrogens (tertiary/aromatic N) is 2. The molecule has 0 radical (unpaired) electrons. The molecule has 0 aromatic rings. The van der Waals surface area contributed by atoms with Crippen molar-refractivity contribution in [3.63, 3.8) is 0 Å². The lowest BCUT2D eigenvalue weighted by Gasteiger charge is -2.26. The Kier molecular flexibility index (Phi) is 4.44. The van der Waals surface area contributed by atoms with Gasteiger partial charge in [-0.05, 0) is 40.0 Å². The van der Waals surface area contributed by atoms with Gasteiger partial charge in [0.1, 0.15) is 5.60 Å². The van der Waals surface area contributed by atoms with Crippen LogP contribution in [0.4, 0.5) is 4.79 Å². The Morgan fingerprint density at radius 3 is 2.65 bits per heavy atom. The Morgan fingerprint density at radius 1 is 1.30 bits per heavy atom. The SMILES string of the molecule is CC(C)(C)OC(=O)N1CCCC1C#CN1CC[C@H](O)C1. The fourth-order valence-electron chi connectivity index (χ4n) is 2.46. The molecule has 0 spiro atoms. The summed E-state index contributed by atoms with van der Waals surface area (Å²) >= 11 is 0. The zero-order chi connectivity index (χ0) is 14.8. The topological polar surface area (TPSA) is 53.0 Å². The third-order valence-corrected chi connectivity index (χ3v) is 3.43. The summed E-state index contributed by atoms with van der Waals surface area (Å²) in [6.07, 6.45) is 2.07. The van der Waals surface area contributed by atoms with Gasteiger partial charge in [-0.1, -0.05) is 5.92 Å². The average Bonchev–Trinajstić information content (AvgIpc) is 2.92. The minimum absolute atomic E-state index is 0.0670. The fourth-order valence-corrected chi connectivity index (χ4v) is 2.46. The molecule has 0 bridgehead atoms. The van der Waals surface area contributed by atoms with Crippen LogP contribution in [0.5, 0.6) is 0 Å². The molecule has 1 N–H and O–H groups in total. The van der Waals surface area contributed by atoms with Gasteiger partial charge < -0.3 is 14.7 Å². The highest BCUT2D eigenvalue weighted by atomic mass is 16.6. The average molecular weight is 280 g/mol. The largest absolute Gasteiger partial charge is 0.444 e. The Balaban J connectivity index is 1.94. The zero-order valence-corrected chi connectivity index (χ0v) is 12.6. The number of carbonyl (C=O) groups excluding carboxylic acids is 1. The van der Waals surface area contributed by atoms with Crippen molar-refractivity contribution in [1.29, 1.82) is 0 Å². The van der Waals surface area contributed by atoms with E-state index in [1.165, 1.54) is 0 Å². The zero-order valence-electron chi connectivity index (χ0n) is 12.6. The van der Waals surface area contributed by atoms with Gasteiger partial charge >= 0.3 is 6.09 Å². The number of hydrogen-bond acceptors (Lipinski definition) is 4. The second-order valence-electron chi connectivity index (χ2n) is 6.48. The first-order chi connectivity index (χ1) is 9.35. The van der Waals surface area contributed by atoms with Crippen LogP contribution in [0.25, 0.3) is 0 Å². The predicted octanol–water partition coefficient (Wildman–Crippen LogP) is 1.41. The van der Waals surface area contributed by atoms with Crippen LogP contribution < -0.4 is 0 Å². The molecule has 0 aromatic heterocycles. The van der Waals surface area contributed by atoms with Gasteiger partial charge in [0.25, 0.3) is 0 Å². The number of rotatable bonds is 0. The summed E-state index contributed by atoms with van der Waals surface area (Å²) in [5, 5.41) is 9.47.